The van der Waals surface area contributed by atoms with Crippen molar-refractivity contribution in [3.8, 4) is 0 Å². The molecule has 0 aliphatic heterocycles. The highest BCUT2D eigenvalue weighted by molar-refractivity contribution is 5.94. The lowest BCUT2D eigenvalue weighted by Crippen LogP contribution is -2.09. The number of carbonyl (C=O) groups is 1. The molecule has 16 heavy (non-hydrogen) atoms. The van der Waals surface area contributed by atoms with Gasteiger partial charge >= 0.3 is 5.97 Å². The molecule has 2 aromatic heterocycles. The standard InChI is InChI=1S/C12H14N2O2/c1-8(2)10-7-13-11(12(15)16-3)9-5-4-6-14(9)10/h4-8H,1-3H3. The average Bonchev–Trinajstić information content (AvgIpc) is 2.75. The third-order valence-corrected chi connectivity index (χ3v) is 2.57. The van der Waals surface area contributed by atoms with Gasteiger partial charge in [0.25, 0.3) is 0 Å². The third-order valence-electron chi connectivity index (χ3n) is 2.57. The highest BCUT2D eigenvalue weighted by Gasteiger charge is 2.15. The van der Waals surface area contributed by atoms with Crippen LogP contribution in [0.2, 0.25) is 0 Å². The molecule has 2 rings (SSSR count). The van der Waals surface area contributed by atoms with Gasteiger partial charge in [-0.05, 0) is 18.1 Å². The predicted octanol–water partition coefficient (Wildman–Crippen LogP) is 2.24. The first-order valence-electron chi connectivity index (χ1n) is 5.19. The predicted molar refractivity (Wildman–Crippen MR) is 60.6 cm³/mol. The Labute approximate surface area is 93.9 Å². The van der Waals surface area contributed by atoms with Gasteiger partial charge < -0.3 is 9.14 Å². The lowest BCUT2D eigenvalue weighted by Gasteiger charge is -2.10. The number of fused-ring (bicyclic) bond motifs is 1. The summed E-state index contributed by atoms with van der Waals surface area (Å²) in [7, 11) is 1.36. The molecule has 0 aliphatic rings. The minimum Gasteiger partial charge on any atom is -0.464 e. The SMILES string of the molecule is COC(=O)c1ncc(C(C)C)n2cccc12. The summed E-state index contributed by atoms with van der Waals surface area (Å²) >= 11 is 0. The number of rotatable bonds is 2. The zero-order valence-corrected chi connectivity index (χ0v) is 9.60. The molecule has 0 saturated carbocycles. The van der Waals surface area contributed by atoms with E-state index in [1.165, 1.54) is 7.11 Å². The number of carbonyl (C=O) groups excluding carboxylic acids is 1. The number of nitrogens with zero attached hydrogens (tertiary/aromatic N) is 2. The fraction of sp³-hybridized carbons (Fsp3) is 0.333. The van der Waals surface area contributed by atoms with Crippen LogP contribution in [0.4, 0.5) is 0 Å². The van der Waals surface area contributed by atoms with E-state index in [0.717, 1.165) is 11.2 Å². The summed E-state index contributed by atoms with van der Waals surface area (Å²) in [6, 6.07) is 3.76. The molecule has 0 amide bonds. The number of esters is 1. The van der Waals surface area contributed by atoms with E-state index in [9.17, 15) is 4.79 Å². The van der Waals surface area contributed by atoms with E-state index in [-0.39, 0.29) is 0 Å². The van der Waals surface area contributed by atoms with Gasteiger partial charge in [0.15, 0.2) is 5.69 Å². The van der Waals surface area contributed by atoms with Gasteiger partial charge in [-0.25, -0.2) is 9.78 Å². The molecule has 4 heteroatoms. The Kier molecular flexibility index (Phi) is 2.64. The van der Waals surface area contributed by atoms with Gasteiger partial charge in [0.2, 0.25) is 0 Å². The molecule has 0 saturated heterocycles. The van der Waals surface area contributed by atoms with Gasteiger partial charge in [0.1, 0.15) is 0 Å². The van der Waals surface area contributed by atoms with Crippen molar-refractivity contribution in [1.29, 1.82) is 0 Å². The number of hydrogen-bond acceptors (Lipinski definition) is 3. The topological polar surface area (TPSA) is 43.6 Å². The normalized spacial score (nSPS) is 11.0. The molecule has 0 aromatic carbocycles. The Balaban J connectivity index is 2.68. The highest BCUT2D eigenvalue weighted by Crippen LogP contribution is 2.19. The molecule has 0 fully saturated rings. The first-order valence-corrected chi connectivity index (χ1v) is 5.19. The maximum absolute atomic E-state index is 11.5. The Hall–Kier alpha value is -1.84. The molecular weight excluding hydrogens is 204 g/mol. The Bertz CT molecular complexity index is 529. The van der Waals surface area contributed by atoms with Crippen LogP contribution in [0.25, 0.3) is 5.52 Å². The van der Waals surface area contributed by atoms with Crippen molar-refractivity contribution in [2.75, 3.05) is 7.11 Å². The molecule has 4 nitrogen and oxygen atoms in total. The van der Waals surface area contributed by atoms with Gasteiger partial charge in [-0.2, -0.15) is 0 Å². The second-order valence-corrected chi connectivity index (χ2v) is 3.94. The molecule has 0 atom stereocenters. The van der Waals surface area contributed by atoms with Crippen molar-refractivity contribution >= 4 is 11.5 Å². The molecule has 0 bridgehead atoms. The lowest BCUT2D eigenvalue weighted by atomic mass is 10.1. The van der Waals surface area contributed by atoms with Crippen LogP contribution >= 0.6 is 0 Å². The van der Waals surface area contributed by atoms with Crippen LogP contribution in [0, 0.1) is 0 Å². The van der Waals surface area contributed by atoms with Gasteiger partial charge in [0, 0.05) is 18.1 Å². The smallest absolute Gasteiger partial charge is 0.358 e. The van der Waals surface area contributed by atoms with Crippen molar-refractivity contribution in [1.82, 2.24) is 9.38 Å². The van der Waals surface area contributed by atoms with E-state index in [0.29, 0.717) is 11.6 Å². The van der Waals surface area contributed by atoms with Crippen molar-refractivity contribution < 1.29 is 9.53 Å². The molecule has 0 N–H and O–H groups in total. The van der Waals surface area contributed by atoms with Crippen molar-refractivity contribution in [2.45, 2.75) is 19.8 Å². The summed E-state index contributed by atoms with van der Waals surface area (Å²) < 4.78 is 6.68. The second-order valence-electron chi connectivity index (χ2n) is 3.94. The molecule has 0 unspecified atom stereocenters. The zero-order valence-electron chi connectivity index (χ0n) is 9.60. The summed E-state index contributed by atoms with van der Waals surface area (Å²) in [6.07, 6.45) is 3.66. The maximum Gasteiger partial charge on any atom is 0.358 e. The van der Waals surface area contributed by atoms with E-state index in [2.05, 4.69) is 18.8 Å². The van der Waals surface area contributed by atoms with E-state index in [1.807, 2.05) is 22.7 Å². The Morgan fingerprint density at radius 1 is 1.50 bits per heavy atom. The van der Waals surface area contributed by atoms with Crippen LogP contribution in [-0.4, -0.2) is 22.5 Å². The van der Waals surface area contributed by atoms with Gasteiger partial charge in [-0.15, -0.1) is 0 Å². The van der Waals surface area contributed by atoms with Crippen molar-refractivity contribution in [3.63, 3.8) is 0 Å². The molecule has 2 aromatic rings. The lowest BCUT2D eigenvalue weighted by molar-refractivity contribution is 0.0596. The summed E-state index contributed by atoms with van der Waals surface area (Å²) in [6.45, 7) is 4.18. The number of methoxy groups -OCH3 is 1. The summed E-state index contributed by atoms with van der Waals surface area (Å²) in [5.74, 6) is -0.0481. The van der Waals surface area contributed by atoms with Crippen LogP contribution in [-0.2, 0) is 4.74 Å². The summed E-state index contributed by atoms with van der Waals surface area (Å²) in [5, 5.41) is 0. The van der Waals surface area contributed by atoms with E-state index in [1.54, 1.807) is 6.20 Å². The van der Waals surface area contributed by atoms with E-state index in [4.69, 9.17) is 4.74 Å². The van der Waals surface area contributed by atoms with E-state index >= 15 is 0 Å². The quantitative estimate of drug-likeness (QED) is 0.726. The maximum atomic E-state index is 11.5. The Morgan fingerprint density at radius 2 is 2.25 bits per heavy atom. The molecule has 0 radical (unpaired) electrons. The van der Waals surface area contributed by atoms with Crippen LogP contribution in [0.15, 0.2) is 24.5 Å². The molecule has 84 valence electrons. The summed E-state index contributed by atoms with van der Waals surface area (Å²) in [5.41, 5.74) is 2.22. The third kappa shape index (κ3) is 1.56. The van der Waals surface area contributed by atoms with Crippen LogP contribution in [0.5, 0.6) is 0 Å². The first-order chi connectivity index (χ1) is 7.65. The second kappa shape index (κ2) is 3.96. The van der Waals surface area contributed by atoms with Gasteiger partial charge in [-0.1, -0.05) is 13.8 Å². The Morgan fingerprint density at radius 3 is 2.88 bits per heavy atom. The number of hydrogen-bond donors (Lipinski definition) is 0. The minimum absolute atomic E-state index is 0.356. The summed E-state index contributed by atoms with van der Waals surface area (Å²) in [4.78, 5) is 15.7. The van der Waals surface area contributed by atoms with Crippen LogP contribution in [0.3, 0.4) is 0 Å². The van der Waals surface area contributed by atoms with Gasteiger partial charge in [0.05, 0.1) is 12.6 Å². The fourth-order valence-electron chi connectivity index (χ4n) is 1.74. The number of aromatic nitrogens is 2. The highest BCUT2D eigenvalue weighted by atomic mass is 16.5. The number of ether oxygens (including phenoxy) is 1. The fourth-order valence-corrected chi connectivity index (χ4v) is 1.74. The molecular formula is C12H14N2O2. The molecule has 0 spiro atoms. The van der Waals surface area contributed by atoms with Gasteiger partial charge in [-0.3, -0.25) is 0 Å². The van der Waals surface area contributed by atoms with Crippen molar-refractivity contribution in [3.05, 3.63) is 35.9 Å². The molecule has 2 heterocycles. The van der Waals surface area contributed by atoms with Crippen LogP contribution in [0.1, 0.15) is 35.9 Å². The monoisotopic (exact) mass is 218 g/mol. The zero-order chi connectivity index (χ0) is 11.7. The average molecular weight is 218 g/mol. The largest absolute Gasteiger partial charge is 0.464 e. The van der Waals surface area contributed by atoms with Crippen LogP contribution < -0.4 is 0 Å². The van der Waals surface area contributed by atoms with E-state index < -0.39 is 5.97 Å². The molecule has 0 aliphatic carbocycles. The van der Waals surface area contributed by atoms with Crippen molar-refractivity contribution in [2.24, 2.45) is 0 Å². The first kappa shape index (κ1) is 10.7. The minimum atomic E-state index is -0.404.